The molecule has 0 aliphatic carbocycles. The minimum Gasteiger partial charge on any atom is -0.459 e. The molecule has 136 valence electrons. The van der Waals surface area contributed by atoms with Gasteiger partial charge in [0, 0.05) is 51.2 Å². The second-order valence-electron chi connectivity index (χ2n) is 7.70. The molecule has 0 bridgehead atoms. The third-order valence-electron chi connectivity index (χ3n) is 6.00. The molecule has 0 aromatic carbocycles. The summed E-state index contributed by atoms with van der Waals surface area (Å²) in [5.41, 5.74) is -0.282. The van der Waals surface area contributed by atoms with E-state index in [-0.39, 0.29) is 23.3 Å². The highest BCUT2D eigenvalue weighted by Crippen LogP contribution is 2.38. The van der Waals surface area contributed by atoms with Crippen molar-refractivity contribution in [2.75, 3.05) is 46.3 Å². The van der Waals surface area contributed by atoms with E-state index in [0.717, 1.165) is 39.0 Å². The van der Waals surface area contributed by atoms with Gasteiger partial charge in [0.05, 0.1) is 11.7 Å². The molecular formula is C18H26N4O3. The van der Waals surface area contributed by atoms with Crippen molar-refractivity contribution < 1.29 is 14.0 Å². The molecule has 0 radical (unpaired) electrons. The molecule has 2 atom stereocenters. The fraction of sp³-hybridized carbons (Fsp3) is 0.667. The topological polar surface area (TPSA) is 77.8 Å². The molecule has 7 heteroatoms. The van der Waals surface area contributed by atoms with E-state index in [1.807, 2.05) is 4.90 Å². The van der Waals surface area contributed by atoms with Crippen molar-refractivity contribution in [1.29, 1.82) is 0 Å². The largest absolute Gasteiger partial charge is 0.459 e. The number of furan rings is 1. The Balaban J connectivity index is 1.33. The van der Waals surface area contributed by atoms with E-state index in [1.165, 1.54) is 6.26 Å². The van der Waals surface area contributed by atoms with Gasteiger partial charge in [-0.2, -0.15) is 0 Å². The Kier molecular flexibility index (Phi) is 4.29. The van der Waals surface area contributed by atoms with Gasteiger partial charge in [-0.25, -0.2) is 0 Å². The van der Waals surface area contributed by atoms with Crippen LogP contribution in [0.1, 0.15) is 23.4 Å². The van der Waals surface area contributed by atoms with E-state index in [0.29, 0.717) is 24.8 Å². The molecule has 2 N–H and O–H groups in total. The molecule has 2 amide bonds. The number of fused-ring (bicyclic) bond motifs is 1. The first-order chi connectivity index (χ1) is 12.1. The predicted molar refractivity (Wildman–Crippen MR) is 92.1 cm³/mol. The lowest BCUT2D eigenvalue weighted by molar-refractivity contribution is -0.131. The van der Waals surface area contributed by atoms with Gasteiger partial charge >= 0.3 is 0 Å². The summed E-state index contributed by atoms with van der Waals surface area (Å²) in [6, 6.07) is 3.57. The van der Waals surface area contributed by atoms with Crippen molar-refractivity contribution in [1.82, 2.24) is 20.4 Å². The molecule has 4 rings (SSSR count). The minimum absolute atomic E-state index is 0.0640. The Morgan fingerprint density at radius 2 is 2.16 bits per heavy atom. The van der Waals surface area contributed by atoms with E-state index >= 15 is 0 Å². The average molecular weight is 346 g/mol. The van der Waals surface area contributed by atoms with Crippen molar-refractivity contribution >= 4 is 11.8 Å². The number of likely N-dealkylation sites (tertiary alicyclic amines) is 2. The predicted octanol–water partition coefficient (Wildman–Crippen LogP) is 0.152. The molecule has 3 aliphatic rings. The SMILES string of the molecule is CN1C[C@H]2CNC[C@@]2(C(=O)NC2CCN(C(=O)c3ccco3)CC2)C1. The van der Waals surface area contributed by atoms with Crippen LogP contribution in [-0.4, -0.2) is 74.0 Å². The summed E-state index contributed by atoms with van der Waals surface area (Å²) in [6.07, 6.45) is 3.11. The van der Waals surface area contributed by atoms with Crippen molar-refractivity contribution in [3.63, 3.8) is 0 Å². The maximum atomic E-state index is 13.0. The van der Waals surface area contributed by atoms with Crippen LogP contribution in [-0.2, 0) is 4.79 Å². The first-order valence-corrected chi connectivity index (χ1v) is 9.11. The standard InChI is InChI=1S/C18H26N4O3/c1-21-10-13-9-19-11-18(13,12-21)17(24)20-14-4-6-22(7-5-14)16(23)15-3-2-8-25-15/h2-3,8,13-14,19H,4-7,9-12H2,1H3,(H,20,24)/t13-,18-/m1/s1. The second-order valence-corrected chi connectivity index (χ2v) is 7.70. The highest BCUT2D eigenvalue weighted by molar-refractivity contribution is 5.91. The van der Waals surface area contributed by atoms with Crippen LogP contribution in [0.15, 0.2) is 22.8 Å². The summed E-state index contributed by atoms with van der Waals surface area (Å²) in [5, 5.41) is 6.66. The Morgan fingerprint density at radius 3 is 2.88 bits per heavy atom. The molecule has 25 heavy (non-hydrogen) atoms. The highest BCUT2D eigenvalue weighted by atomic mass is 16.3. The van der Waals surface area contributed by atoms with E-state index in [9.17, 15) is 9.59 Å². The van der Waals surface area contributed by atoms with Crippen LogP contribution in [0.25, 0.3) is 0 Å². The normalized spacial score (nSPS) is 30.4. The van der Waals surface area contributed by atoms with Gasteiger partial charge in [0.1, 0.15) is 0 Å². The summed E-state index contributed by atoms with van der Waals surface area (Å²) in [4.78, 5) is 29.4. The van der Waals surface area contributed by atoms with Crippen LogP contribution in [0.4, 0.5) is 0 Å². The van der Waals surface area contributed by atoms with Gasteiger partial charge in [0.2, 0.25) is 5.91 Å². The van der Waals surface area contributed by atoms with Crippen molar-refractivity contribution in [3.8, 4) is 0 Å². The zero-order valence-electron chi connectivity index (χ0n) is 14.7. The molecule has 3 saturated heterocycles. The fourth-order valence-corrected chi connectivity index (χ4v) is 4.61. The Bertz CT molecular complexity index is 639. The summed E-state index contributed by atoms with van der Waals surface area (Å²) < 4.78 is 5.19. The number of hydrogen-bond donors (Lipinski definition) is 2. The third-order valence-corrected chi connectivity index (χ3v) is 6.00. The number of hydrogen-bond acceptors (Lipinski definition) is 5. The number of carbonyl (C=O) groups is 2. The van der Waals surface area contributed by atoms with Crippen LogP contribution >= 0.6 is 0 Å². The molecule has 1 aromatic heterocycles. The molecule has 7 nitrogen and oxygen atoms in total. The average Bonchev–Trinajstić information content (AvgIpc) is 3.30. The minimum atomic E-state index is -0.282. The molecule has 3 fully saturated rings. The van der Waals surface area contributed by atoms with Crippen molar-refractivity contribution in [3.05, 3.63) is 24.2 Å². The Hall–Kier alpha value is -1.86. The van der Waals surface area contributed by atoms with E-state index in [4.69, 9.17) is 4.42 Å². The van der Waals surface area contributed by atoms with Crippen LogP contribution in [0.3, 0.4) is 0 Å². The number of nitrogens with one attached hydrogen (secondary N) is 2. The first kappa shape index (κ1) is 16.6. The molecular weight excluding hydrogens is 320 g/mol. The van der Waals surface area contributed by atoms with Crippen molar-refractivity contribution in [2.24, 2.45) is 11.3 Å². The highest BCUT2D eigenvalue weighted by Gasteiger charge is 2.54. The molecule has 4 heterocycles. The first-order valence-electron chi connectivity index (χ1n) is 9.11. The van der Waals surface area contributed by atoms with E-state index in [2.05, 4.69) is 22.6 Å². The number of amides is 2. The molecule has 0 saturated carbocycles. The maximum absolute atomic E-state index is 13.0. The van der Waals surface area contributed by atoms with Gasteiger partial charge in [-0.3, -0.25) is 9.59 Å². The van der Waals surface area contributed by atoms with Gasteiger partial charge in [-0.1, -0.05) is 0 Å². The zero-order valence-corrected chi connectivity index (χ0v) is 14.7. The fourth-order valence-electron chi connectivity index (χ4n) is 4.61. The molecule has 1 aromatic rings. The van der Waals surface area contributed by atoms with Gasteiger partial charge in [-0.05, 0) is 32.0 Å². The molecule has 0 spiro atoms. The second kappa shape index (κ2) is 6.46. The van der Waals surface area contributed by atoms with Gasteiger partial charge < -0.3 is 24.9 Å². The number of rotatable bonds is 3. The monoisotopic (exact) mass is 346 g/mol. The van der Waals surface area contributed by atoms with Gasteiger partial charge in [0.15, 0.2) is 5.76 Å². The van der Waals surface area contributed by atoms with Crippen LogP contribution in [0.2, 0.25) is 0 Å². The quantitative estimate of drug-likeness (QED) is 0.815. The number of piperidine rings is 1. The van der Waals surface area contributed by atoms with E-state index in [1.54, 1.807) is 12.1 Å². The third kappa shape index (κ3) is 2.95. The number of carbonyl (C=O) groups excluding carboxylic acids is 2. The smallest absolute Gasteiger partial charge is 0.289 e. The molecule has 3 aliphatic heterocycles. The zero-order chi connectivity index (χ0) is 17.4. The number of nitrogens with zero attached hydrogens (tertiary/aromatic N) is 2. The van der Waals surface area contributed by atoms with E-state index < -0.39 is 0 Å². The summed E-state index contributed by atoms with van der Waals surface area (Å²) in [5.74, 6) is 0.905. The van der Waals surface area contributed by atoms with Crippen LogP contribution in [0.5, 0.6) is 0 Å². The summed E-state index contributed by atoms with van der Waals surface area (Å²) >= 11 is 0. The lowest BCUT2D eigenvalue weighted by atomic mass is 9.79. The summed E-state index contributed by atoms with van der Waals surface area (Å²) in [7, 11) is 2.09. The lowest BCUT2D eigenvalue weighted by Crippen LogP contribution is -2.53. The van der Waals surface area contributed by atoms with Crippen LogP contribution < -0.4 is 10.6 Å². The lowest BCUT2D eigenvalue weighted by Gasteiger charge is -2.34. The van der Waals surface area contributed by atoms with Gasteiger partial charge in [-0.15, -0.1) is 0 Å². The van der Waals surface area contributed by atoms with Crippen molar-refractivity contribution in [2.45, 2.75) is 18.9 Å². The summed E-state index contributed by atoms with van der Waals surface area (Å²) in [6.45, 7) is 4.80. The van der Waals surface area contributed by atoms with Crippen LogP contribution in [0, 0.1) is 11.3 Å². The molecule has 0 unspecified atom stereocenters. The van der Waals surface area contributed by atoms with Gasteiger partial charge in [0.25, 0.3) is 5.91 Å². The Morgan fingerprint density at radius 1 is 1.36 bits per heavy atom. The maximum Gasteiger partial charge on any atom is 0.289 e. The Labute approximate surface area is 147 Å².